The van der Waals surface area contributed by atoms with Crippen LogP contribution in [0.2, 0.25) is 0 Å². The molecule has 19 heavy (non-hydrogen) atoms. The average molecular weight is 266 g/mol. The molecular formula is C16H14N2S. The van der Waals surface area contributed by atoms with Crippen molar-refractivity contribution in [2.24, 2.45) is 0 Å². The third-order valence-corrected chi connectivity index (χ3v) is 4.07. The number of H-pyrrole nitrogens is 1. The summed E-state index contributed by atoms with van der Waals surface area (Å²) >= 11 is 5.22. The molecule has 0 amide bonds. The van der Waals surface area contributed by atoms with Gasteiger partial charge in [0, 0.05) is 5.69 Å². The van der Waals surface area contributed by atoms with Crippen molar-refractivity contribution in [3.8, 4) is 17.3 Å². The first-order valence-corrected chi connectivity index (χ1v) is 6.86. The second-order valence-corrected chi connectivity index (χ2v) is 5.43. The van der Waals surface area contributed by atoms with Crippen LogP contribution in [-0.4, -0.2) is 4.98 Å². The van der Waals surface area contributed by atoms with Crippen molar-refractivity contribution < 1.29 is 0 Å². The Bertz CT molecular complexity index is 750. The molecular weight excluding hydrogens is 252 g/mol. The molecule has 1 aliphatic rings. The van der Waals surface area contributed by atoms with E-state index in [4.69, 9.17) is 17.5 Å². The molecule has 0 radical (unpaired) electrons. The lowest BCUT2D eigenvalue weighted by atomic mass is 10.0. The zero-order valence-electron chi connectivity index (χ0n) is 10.8. The largest absolute Gasteiger partial charge is 0.345 e. The highest BCUT2D eigenvalue weighted by Crippen LogP contribution is 2.29. The third-order valence-electron chi connectivity index (χ3n) is 3.75. The van der Waals surface area contributed by atoms with Crippen LogP contribution in [0, 0.1) is 22.9 Å². The second kappa shape index (κ2) is 4.64. The van der Waals surface area contributed by atoms with Gasteiger partial charge in [0.05, 0.1) is 5.56 Å². The highest BCUT2D eigenvalue weighted by atomic mass is 32.1. The van der Waals surface area contributed by atoms with Gasteiger partial charge in [-0.05, 0) is 60.6 Å². The van der Waals surface area contributed by atoms with E-state index in [-0.39, 0.29) is 0 Å². The Labute approximate surface area is 117 Å². The Morgan fingerprint density at radius 1 is 1.21 bits per heavy atom. The number of nitrogens with one attached hydrogen (secondary N) is 1. The predicted octanol–water partition coefficient (Wildman–Crippen LogP) is 4.08. The summed E-state index contributed by atoms with van der Waals surface area (Å²) in [4.78, 5) is 3.19. The molecule has 1 aromatic carbocycles. The second-order valence-electron chi connectivity index (χ2n) is 5.02. The van der Waals surface area contributed by atoms with Crippen LogP contribution < -0.4 is 0 Å². The summed E-state index contributed by atoms with van der Waals surface area (Å²) in [6.07, 6.45) is 3.61. The van der Waals surface area contributed by atoms with Crippen molar-refractivity contribution >= 4 is 12.2 Å². The molecule has 3 heteroatoms. The minimum Gasteiger partial charge on any atom is -0.345 e. The van der Waals surface area contributed by atoms with Crippen molar-refractivity contribution in [2.75, 3.05) is 0 Å². The van der Waals surface area contributed by atoms with E-state index in [9.17, 15) is 0 Å². The van der Waals surface area contributed by atoms with Gasteiger partial charge in [-0.15, -0.1) is 0 Å². The van der Waals surface area contributed by atoms with Crippen LogP contribution >= 0.6 is 12.2 Å². The number of aromatic nitrogens is 1. The molecule has 0 spiro atoms. The van der Waals surface area contributed by atoms with Gasteiger partial charge in [-0.3, -0.25) is 0 Å². The fourth-order valence-electron chi connectivity index (χ4n) is 2.74. The molecule has 0 atom stereocenters. The molecule has 3 rings (SSSR count). The Morgan fingerprint density at radius 2 is 2.00 bits per heavy atom. The first-order valence-electron chi connectivity index (χ1n) is 6.45. The molecule has 0 saturated carbocycles. The molecule has 0 saturated heterocycles. The summed E-state index contributed by atoms with van der Waals surface area (Å²) in [5, 5.41) is 8.99. The number of aromatic amines is 1. The number of aryl methyl sites for hydroxylation is 3. The number of benzene rings is 1. The number of nitrogens with zero attached hydrogens (tertiary/aromatic N) is 1. The smallest absolute Gasteiger partial charge is 0.121 e. The molecule has 1 aliphatic carbocycles. The van der Waals surface area contributed by atoms with Crippen LogP contribution in [-0.2, 0) is 12.8 Å². The molecule has 94 valence electrons. The Hall–Kier alpha value is -1.92. The van der Waals surface area contributed by atoms with Gasteiger partial charge in [-0.2, -0.15) is 5.26 Å². The highest BCUT2D eigenvalue weighted by molar-refractivity contribution is 7.71. The van der Waals surface area contributed by atoms with Crippen LogP contribution in [0.5, 0.6) is 0 Å². The van der Waals surface area contributed by atoms with Crippen molar-refractivity contribution in [3.63, 3.8) is 0 Å². The maximum absolute atomic E-state index is 8.99. The highest BCUT2D eigenvalue weighted by Gasteiger charge is 2.13. The predicted molar refractivity (Wildman–Crippen MR) is 78.5 cm³/mol. The van der Waals surface area contributed by atoms with Crippen molar-refractivity contribution in [1.29, 1.82) is 5.26 Å². The van der Waals surface area contributed by atoms with E-state index in [0.717, 1.165) is 16.8 Å². The average Bonchev–Trinajstić information content (AvgIpc) is 2.88. The molecule has 1 aromatic heterocycles. The fourth-order valence-corrected chi connectivity index (χ4v) is 2.95. The maximum atomic E-state index is 8.99. The van der Waals surface area contributed by atoms with E-state index >= 15 is 0 Å². The van der Waals surface area contributed by atoms with Crippen LogP contribution in [0.4, 0.5) is 0 Å². The molecule has 1 N–H and O–H groups in total. The number of hydrogen-bond donors (Lipinski definition) is 1. The number of hydrogen-bond acceptors (Lipinski definition) is 2. The standard InChI is InChI=1S/C16H14N2S/c1-10-7-14(9-17)16(19)18-15(10)13-6-5-11-3-2-4-12(11)8-13/h5-8H,2-4H2,1H3,(H,18,19). The van der Waals surface area contributed by atoms with Gasteiger partial charge in [-0.25, -0.2) is 0 Å². The Balaban J connectivity index is 2.15. The molecule has 0 bridgehead atoms. The van der Waals surface area contributed by atoms with Crippen molar-refractivity contribution in [2.45, 2.75) is 26.2 Å². The van der Waals surface area contributed by atoms with Gasteiger partial charge in [0.1, 0.15) is 10.7 Å². The van der Waals surface area contributed by atoms with E-state index in [2.05, 4.69) is 29.3 Å². The lowest BCUT2D eigenvalue weighted by molar-refractivity contribution is 0.912. The van der Waals surface area contributed by atoms with Crippen molar-refractivity contribution in [1.82, 2.24) is 4.98 Å². The maximum Gasteiger partial charge on any atom is 0.121 e. The minimum atomic E-state index is 0.517. The summed E-state index contributed by atoms with van der Waals surface area (Å²) in [7, 11) is 0. The SMILES string of the molecule is Cc1cc(C#N)c(=S)[nH]c1-c1ccc2c(c1)CCC2. The zero-order valence-corrected chi connectivity index (χ0v) is 11.6. The summed E-state index contributed by atoms with van der Waals surface area (Å²) in [6.45, 7) is 2.01. The third kappa shape index (κ3) is 2.09. The molecule has 0 fully saturated rings. The molecule has 2 nitrogen and oxygen atoms in total. The first kappa shape index (κ1) is 12.1. The lowest BCUT2D eigenvalue weighted by Gasteiger charge is -2.09. The van der Waals surface area contributed by atoms with E-state index in [1.54, 1.807) is 0 Å². The van der Waals surface area contributed by atoms with Crippen LogP contribution in [0.1, 0.15) is 28.7 Å². The van der Waals surface area contributed by atoms with E-state index < -0.39 is 0 Å². The van der Waals surface area contributed by atoms with Gasteiger partial charge >= 0.3 is 0 Å². The molecule has 0 aliphatic heterocycles. The number of pyridine rings is 1. The van der Waals surface area contributed by atoms with Crippen LogP contribution in [0.25, 0.3) is 11.3 Å². The normalized spacial score (nSPS) is 13.1. The topological polar surface area (TPSA) is 39.6 Å². The van der Waals surface area contributed by atoms with Gasteiger partial charge in [-0.1, -0.05) is 24.4 Å². The van der Waals surface area contributed by atoms with Gasteiger partial charge in [0.15, 0.2) is 0 Å². The fraction of sp³-hybridized carbons (Fsp3) is 0.250. The number of nitriles is 1. The first-order chi connectivity index (χ1) is 9.19. The molecule has 0 unspecified atom stereocenters. The number of fused-ring (bicyclic) bond motifs is 1. The quantitative estimate of drug-likeness (QED) is 0.790. The molecule has 2 aromatic rings. The summed E-state index contributed by atoms with van der Waals surface area (Å²) in [5.74, 6) is 0. The number of rotatable bonds is 1. The van der Waals surface area contributed by atoms with E-state index in [0.29, 0.717) is 10.2 Å². The summed E-state index contributed by atoms with van der Waals surface area (Å²) in [6, 6.07) is 10.6. The Morgan fingerprint density at radius 3 is 2.79 bits per heavy atom. The van der Waals surface area contributed by atoms with E-state index in [1.807, 2.05) is 13.0 Å². The summed E-state index contributed by atoms with van der Waals surface area (Å²) in [5.41, 5.74) is 6.70. The van der Waals surface area contributed by atoms with E-state index in [1.165, 1.54) is 30.4 Å². The zero-order chi connectivity index (χ0) is 13.4. The molecule has 1 heterocycles. The van der Waals surface area contributed by atoms with Gasteiger partial charge < -0.3 is 4.98 Å². The van der Waals surface area contributed by atoms with Crippen molar-refractivity contribution in [3.05, 3.63) is 51.2 Å². The van der Waals surface area contributed by atoms with Gasteiger partial charge in [0.2, 0.25) is 0 Å². The van der Waals surface area contributed by atoms with Crippen LogP contribution in [0.15, 0.2) is 24.3 Å². The minimum absolute atomic E-state index is 0.517. The monoisotopic (exact) mass is 266 g/mol. The Kier molecular flexibility index (Phi) is 2.96. The summed E-state index contributed by atoms with van der Waals surface area (Å²) < 4.78 is 0.517. The van der Waals surface area contributed by atoms with Crippen LogP contribution in [0.3, 0.4) is 0 Å². The lowest BCUT2D eigenvalue weighted by Crippen LogP contribution is -1.93. The van der Waals surface area contributed by atoms with Gasteiger partial charge in [0.25, 0.3) is 0 Å².